The summed E-state index contributed by atoms with van der Waals surface area (Å²) < 4.78 is 1.17. The number of hydrogen-bond donors (Lipinski definition) is 1. The van der Waals surface area contributed by atoms with Crippen molar-refractivity contribution in [2.24, 2.45) is 11.7 Å². The van der Waals surface area contributed by atoms with Crippen molar-refractivity contribution >= 4 is 28.3 Å². The minimum absolute atomic E-state index is 0. The van der Waals surface area contributed by atoms with E-state index in [2.05, 4.69) is 40.2 Å². The van der Waals surface area contributed by atoms with Gasteiger partial charge in [-0.2, -0.15) is 0 Å². The van der Waals surface area contributed by atoms with Gasteiger partial charge in [0.1, 0.15) is 0 Å². The van der Waals surface area contributed by atoms with Crippen LogP contribution in [0.25, 0.3) is 0 Å². The molecule has 0 aliphatic heterocycles. The van der Waals surface area contributed by atoms with Gasteiger partial charge in [0.2, 0.25) is 0 Å². The van der Waals surface area contributed by atoms with Gasteiger partial charge in [-0.25, -0.2) is 0 Å². The Morgan fingerprint density at radius 3 is 2.64 bits per heavy atom. The molecule has 0 heterocycles. The smallest absolute Gasteiger partial charge is 0.0177 e. The van der Waals surface area contributed by atoms with Crippen LogP contribution in [0.5, 0.6) is 0 Å². The van der Waals surface area contributed by atoms with Gasteiger partial charge in [0.15, 0.2) is 0 Å². The zero-order chi connectivity index (χ0) is 9.26. The molecule has 2 N–H and O–H groups in total. The molecule has 0 amide bonds. The van der Waals surface area contributed by atoms with Crippen LogP contribution in [0.3, 0.4) is 0 Å². The fourth-order valence-corrected chi connectivity index (χ4v) is 2.40. The van der Waals surface area contributed by atoms with Crippen molar-refractivity contribution in [1.82, 2.24) is 0 Å². The van der Waals surface area contributed by atoms with Gasteiger partial charge in [0, 0.05) is 10.5 Å². The number of hydrogen-bond acceptors (Lipinski definition) is 1. The predicted octanol–water partition coefficient (Wildman–Crippen LogP) is 3.15. The predicted molar refractivity (Wildman–Crippen MR) is 65.8 cm³/mol. The zero-order valence-electron chi connectivity index (χ0n) is 7.95. The molecule has 0 saturated heterocycles. The third kappa shape index (κ3) is 2.97. The van der Waals surface area contributed by atoms with E-state index in [0.717, 1.165) is 5.92 Å². The highest BCUT2D eigenvalue weighted by molar-refractivity contribution is 9.10. The maximum atomic E-state index is 5.74. The molecule has 14 heavy (non-hydrogen) atoms. The molecular formula is C11H15BrClN. The Kier molecular flexibility index (Phi) is 4.42. The van der Waals surface area contributed by atoms with Crippen LogP contribution in [0.2, 0.25) is 0 Å². The average Bonchev–Trinajstić information content (AvgIpc) is 2.01. The molecule has 0 bridgehead atoms. The Hall–Kier alpha value is -0.0500. The van der Waals surface area contributed by atoms with Crippen molar-refractivity contribution in [1.29, 1.82) is 0 Å². The van der Waals surface area contributed by atoms with Crippen molar-refractivity contribution in [3.05, 3.63) is 34.3 Å². The van der Waals surface area contributed by atoms with Crippen molar-refractivity contribution in [3.8, 4) is 0 Å². The molecule has 3 heteroatoms. The van der Waals surface area contributed by atoms with E-state index in [1.54, 1.807) is 0 Å². The maximum absolute atomic E-state index is 5.74. The van der Waals surface area contributed by atoms with Crippen LogP contribution in [0, 0.1) is 5.92 Å². The van der Waals surface area contributed by atoms with Crippen LogP contribution in [-0.2, 0) is 6.42 Å². The summed E-state index contributed by atoms with van der Waals surface area (Å²) in [5, 5.41) is 0. The summed E-state index contributed by atoms with van der Waals surface area (Å²) >= 11 is 3.48. The van der Waals surface area contributed by atoms with Gasteiger partial charge in [0.05, 0.1) is 0 Å². The minimum atomic E-state index is 0. The first-order valence-corrected chi connectivity index (χ1v) is 5.53. The van der Waals surface area contributed by atoms with E-state index in [9.17, 15) is 0 Å². The molecule has 0 aromatic heterocycles. The van der Waals surface area contributed by atoms with Crippen molar-refractivity contribution < 1.29 is 0 Å². The van der Waals surface area contributed by atoms with E-state index in [4.69, 9.17) is 5.73 Å². The zero-order valence-corrected chi connectivity index (χ0v) is 10.4. The number of benzene rings is 1. The molecule has 1 aromatic rings. The SMILES string of the molecule is Cl.NC1CC(Cc2cccc(Br)c2)C1. The number of nitrogens with two attached hydrogens (primary N) is 1. The minimum Gasteiger partial charge on any atom is -0.328 e. The van der Waals surface area contributed by atoms with Crippen LogP contribution >= 0.6 is 28.3 Å². The van der Waals surface area contributed by atoms with E-state index < -0.39 is 0 Å². The molecule has 78 valence electrons. The largest absolute Gasteiger partial charge is 0.328 e. The highest BCUT2D eigenvalue weighted by atomic mass is 79.9. The number of rotatable bonds is 2. The molecule has 1 nitrogen and oxygen atoms in total. The molecule has 1 aliphatic carbocycles. The van der Waals surface area contributed by atoms with Crippen LogP contribution in [0.4, 0.5) is 0 Å². The van der Waals surface area contributed by atoms with Gasteiger partial charge in [-0.05, 0) is 42.9 Å². The van der Waals surface area contributed by atoms with Crippen LogP contribution in [-0.4, -0.2) is 6.04 Å². The van der Waals surface area contributed by atoms with E-state index in [-0.39, 0.29) is 12.4 Å². The van der Waals surface area contributed by atoms with Crippen LogP contribution < -0.4 is 5.73 Å². The lowest BCUT2D eigenvalue weighted by Gasteiger charge is -2.32. The monoisotopic (exact) mass is 275 g/mol. The van der Waals surface area contributed by atoms with Gasteiger partial charge in [-0.1, -0.05) is 28.1 Å². The molecule has 0 unspecified atom stereocenters. The highest BCUT2D eigenvalue weighted by Crippen LogP contribution is 2.29. The first kappa shape index (κ1) is 12.0. The normalized spacial score (nSPS) is 25.0. The molecule has 0 radical (unpaired) electrons. The van der Waals surface area contributed by atoms with Crippen LogP contribution in [0.15, 0.2) is 28.7 Å². The van der Waals surface area contributed by atoms with E-state index in [0.29, 0.717) is 6.04 Å². The highest BCUT2D eigenvalue weighted by Gasteiger charge is 2.25. The van der Waals surface area contributed by atoms with Crippen molar-refractivity contribution in [2.75, 3.05) is 0 Å². The van der Waals surface area contributed by atoms with E-state index in [1.807, 2.05) is 0 Å². The van der Waals surface area contributed by atoms with Gasteiger partial charge in [-0.3, -0.25) is 0 Å². The molecule has 0 atom stereocenters. The topological polar surface area (TPSA) is 26.0 Å². The fourth-order valence-electron chi connectivity index (χ4n) is 1.95. The molecular weight excluding hydrogens is 261 g/mol. The van der Waals surface area contributed by atoms with Crippen LogP contribution in [0.1, 0.15) is 18.4 Å². The fraction of sp³-hybridized carbons (Fsp3) is 0.455. The lowest BCUT2D eigenvalue weighted by atomic mass is 9.77. The molecule has 1 saturated carbocycles. The first-order chi connectivity index (χ1) is 6.24. The first-order valence-electron chi connectivity index (χ1n) is 4.74. The lowest BCUT2D eigenvalue weighted by Crippen LogP contribution is -2.37. The lowest BCUT2D eigenvalue weighted by molar-refractivity contribution is 0.264. The third-order valence-electron chi connectivity index (χ3n) is 2.69. The standard InChI is InChI=1S/C11H14BrN.ClH/c12-10-3-1-2-8(5-10)4-9-6-11(13)7-9;/h1-3,5,9,11H,4,6-7,13H2;1H. The summed E-state index contributed by atoms with van der Waals surface area (Å²) in [5.74, 6) is 0.823. The Balaban J connectivity index is 0.000000980. The summed E-state index contributed by atoms with van der Waals surface area (Å²) in [6.07, 6.45) is 3.59. The summed E-state index contributed by atoms with van der Waals surface area (Å²) in [6, 6.07) is 9.02. The molecule has 0 spiro atoms. The molecule has 2 rings (SSSR count). The molecule has 1 aliphatic rings. The van der Waals surface area contributed by atoms with Gasteiger partial charge in [0.25, 0.3) is 0 Å². The second kappa shape index (κ2) is 5.15. The Morgan fingerprint density at radius 2 is 2.07 bits per heavy atom. The second-order valence-electron chi connectivity index (χ2n) is 3.93. The Bertz CT molecular complexity index is 297. The second-order valence-corrected chi connectivity index (χ2v) is 4.85. The average molecular weight is 277 g/mol. The third-order valence-corrected chi connectivity index (χ3v) is 3.18. The summed E-state index contributed by atoms with van der Waals surface area (Å²) in [7, 11) is 0. The van der Waals surface area contributed by atoms with E-state index in [1.165, 1.54) is 29.3 Å². The quantitative estimate of drug-likeness (QED) is 0.882. The number of halogens is 2. The van der Waals surface area contributed by atoms with E-state index >= 15 is 0 Å². The Labute approximate surface area is 99.6 Å². The van der Waals surface area contributed by atoms with Gasteiger partial charge >= 0.3 is 0 Å². The van der Waals surface area contributed by atoms with Crippen molar-refractivity contribution in [3.63, 3.8) is 0 Å². The van der Waals surface area contributed by atoms with Gasteiger partial charge < -0.3 is 5.73 Å². The van der Waals surface area contributed by atoms with Gasteiger partial charge in [-0.15, -0.1) is 12.4 Å². The summed E-state index contributed by atoms with van der Waals surface area (Å²) in [4.78, 5) is 0. The summed E-state index contributed by atoms with van der Waals surface area (Å²) in [5.41, 5.74) is 7.17. The van der Waals surface area contributed by atoms with Crippen molar-refractivity contribution in [2.45, 2.75) is 25.3 Å². The molecule has 1 fully saturated rings. The molecule has 1 aromatic carbocycles. The summed E-state index contributed by atoms with van der Waals surface area (Å²) in [6.45, 7) is 0. The Morgan fingerprint density at radius 1 is 1.36 bits per heavy atom. The maximum Gasteiger partial charge on any atom is 0.0177 e.